The maximum atomic E-state index is 13.3. The van der Waals surface area contributed by atoms with Crippen LogP contribution in [0.15, 0.2) is 60.7 Å². The number of nitrogens with one attached hydrogen (secondary N) is 2. The first-order valence-electron chi connectivity index (χ1n) is 9.95. The van der Waals surface area contributed by atoms with Crippen LogP contribution in [0.4, 0.5) is 10.1 Å². The number of aryl methyl sites for hydroxylation is 1. The van der Waals surface area contributed by atoms with E-state index >= 15 is 0 Å². The van der Waals surface area contributed by atoms with Gasteiger partial charge in [-0.15, -0.1) is 0 Å². The van der Waals surface area contributed by atoms with Crippen LogP contribution in [0, 0.1) is 12.7 Å². The molecule has 31 heavy (non-hydrogen) atoms. The molecule has 0 aromatic heterocycles. The zero-order valence-electron chi connectivity index (χ0n) is 17.3. The van der Waals surface area contributed by atoms with Gasteiger partial charge in [0.15, 0.2) is 0 Å². The lowest BCUT2D eigenvalue weighted by atomic mass is 9.97. The third kappa shape index (κ3) is 5.00. The minimum absolute atomic E-state index is 0.169. The molecule has 0 radical (unpaired) electrons. The van der Waals surface area contributed by atoms with E-state index in [0.29, 0.717) is 24.1 Å². The van der Waals surface area contributed by atoms with Gasteiger partial charge in [-0.05, 0) is 72.4 Å². The normalized spacial score (nSPS) is 15.5. The van der Waals surface area contributed by atoms with Crippen LogP contribution in [0.1, 0.15) is 27.0 Å². The lowest BCUT2D eigenvalue weighted by Gasteiger charge is -2.12. The van der Waals surface area contributed by atoms with E-state index in [4.69, 9.17) is 0 Å². The molecule has 1 atom stereocenters. The summed E-state index contributed by atoms with van der Waals surface area (Å²) in [6.45, 7) is 1.91. The van der Waals surface area contributed by atoms with Crippen LogP contribution < -0.4 is 10.0 Å². The Morgan fingerprint density at radius 2 is 1.68 bits per heavy atom. The van der Waals surface area contributed by atoms with Gasteiger partial charge in [0, 0.05) is 17.3 Å². The Kier molecular flexibility index (Phi) is 5.64. The van der Waals surface area contributed by atoms with E-state index in [1.165, 1.54) is 12.1 Å². The fourth-order valence-electron chi connectivity index (χ4n) is 4.01. The van der Waals surface area contributed by atoms with Crippen molar-refractivity contribution in [3.63, 3.8) is 0 Å². The molecular formula is C24H23FN2O3S. The van der Waals surface area contributed by atoms with E-state index in [1.54, 1.807) is 12.1 Å². The van der Waals surface area contributed by atoms with E-state index in [0.717, 1.165) is 34.1 Å². The largest absolute Gasteiger partial charge is 0.322 e. The summed E-state index contributed by atoms with van der Waals surface area (Å²) in [6, 6.07) is 17.1. The number of anilines is 1. The predicted octanol–water partition coefficient (Wildman–Crippen LogP) is 4.07. The molecule has 3 aromatic carbocycles. The van der Waals surface area contributed by atoms with Crippen molar-refractivity contribution in [1.29, 1.82) is 0 Å². The molecule has 5 nitrogen and oxygen atoms in total. The monoisotopic (exact) mass is 438 g/mol. The molecular weight excluding hydrogens is 415 g/mol. The van der Waals surface area contributed by atoms with Crippen molar-refractivity contribution < 1.29 is 17.6 Å². The lowest BCUT2D eigenvalue weighted by molar-refractivity contribution is 0.102. The highest BCUT2D eigenvalue weighted by Gasteiger charge is 2.24. The average Bonchev–Trinajstić information content (AvgIpc) is 3.08. The van der Waals surface area contributed by atoms with Crippen LogP contribution in [-0.4, -0.2) is 26.6 Å². The Balaban J connectivity index is 1.57. The SMILES string of the molecule is Cc1ccc(-c2ccc(F)cc2)c(C(=O)Nc2ccc3c(c2)CC(NS(C)(=O)=O)C3)c1. The van der Waals surface area contributed by atoms with Gasteiger partial charge in [-0.25, -0.2) is 17.5 Å². The van der Waals surface area contributed by atoms with Crippen LogP contribution in [-0.2, 0) is 22.9 Å². The van der Waals surface area contributed by atoms with Crippen molar-refractivity contribution in [1.82, 2.24) is 4.72 Å². The summed E-state index contributed by atoms with van der Waals surface area (Å²) in [7, 11) is -3.27. The highest BCUT2D eigenvalue weighted by Crippen LogP contribution is 2.28. The van der Waals surface area contributed by atoms with Crippen LogP contribution in [0.5, 0.6) is 0 Å². The number of hydrogen-bond acceptors (Lipinski definition) is 3. The Labute approximate surface area is 181 Å². The fraction of sp³-hybridized carbons (Fsp3) is 0.208. The second kappa shape index (κ2) is 8.24. The Hall–Kier alpha value is -3.03. The molecule has 0 fully saturated rings. The summed E-state index contributed by atoms with van der Waals surface area (Å²) >= 11 is 0. The van der Waals surface area contributed by atoms with Crippen LogP contribution in [0.2, 0.25) is 0 Å². The van der Waals surface area contributed by atoms with E-state index in [1.807, 2.05) is 43.3 Å². The van der Waals surface area contributed by atoms with Gasteiger partial charge in [0.1, 0.15) is 5.82 Å². The Morgan fingerprint density at radius 3 is 2.39 bits per heavy atom. The predicted molar refractivity (Wildman–Crippen MR) is 120 cm³/mol. The molecule has 0 spiro atoms. The van der Waals surface area contributed by atoms with Crippen LogP contribution >= 0.6 is 0 Å². The van der Waals surface area contributed by atoms with Crippen molar-refractivity contribution in [2.75, 3.05) is 11.6 Å². The zero-order chi connectivity index (χ0) is 22.2. The summed E-state index contributed by atoms with van der Waals surface area (Å²) in [6.07, 6.45) is 2.36. The van der Waals surface area contributed by atoms with E-state index in [2.05, 4.69) is 10.0 Å². The first-order chi connectivity index (χ1) is 14.7. The number of amides is 1. The number of halogens is 1. The zero-order valence-corrected chi connectivity index (χ0v) is 18.1. The quantitative estimate of drug-likeness (QED) is 0.631. The second-order valence-corrected chi connectivity index (χ2v) is 9.77. The first kappa shape index (κ1) is 21.2. The van der Waals surface area contributed by atoms with Gasteiger partial charge in [0.25, 0.3) is 5.91 Å². The summed E-state index contributed by atoms with van der Waals surface area (Å²) in [5.74, 6) is -0.588. The molecule has 0 aliphatic heterocycles. The topological polar surface area (TPSA) is 75.3 Å². The van der Waals surface area contributed by atoms with Crippen molar-refractivity contribution >= 4 is 21.6 Å². The maximum absolute atomic E-state index is 13.3. The summed E-state index contributed by atoms with van der Waals surface area (Å²) < 4.78 is 39.0. The molecule has 1 aliphatic rings. The minimum Gasteiger partial charge on any atom is -0.322 e. The lowest BCUT2D eigenvalue weighted by Crippen LogP contribution is -2.34. The maximum Gasteiger partial charge on any atom is 0.256 e. The number of benzene rings is 3. The number of rotatable bonds is 5. The molecule has 0 saturated carbocycles. The van der Waals surface area contributed by atoms with E-state index < -0.39 is 10.0 Å². The molecule has 1 unspecified atom stereocenters. The third-order valence-electron chi connectivity index (χ3n) is 5.35. The van der Waals surface area contributed by atoms with Gasteiger partial charge >= 0.3 is 0 Å². The molecule has 0 bridgehead atoms. The molecule has 0 heterocycles. The molecule has 2 N–H and O–H groups in total. The number of sulfonamides is 1. The van der Waals surface area contributed by atoms with Crippen molar-refractivity contribution in [3.8, 4) is 11.1 Å². The summed E-state index contributed by atoms with van der Waals surface area (Å²) in [5.41, 5.74) is 5.67. The standard InChI is InChI=1S/C24H23FN2O3S/c1-15-3-10-22(16-4-7-19(25)8-5-16)23(11-15)24(28)26-20-9-6-17-12-21(14-18(17)13-20)27-31(2,29)30/h3-11,13,21,27H,12,14H2,1-2H3,(H,26,28). The van der Waals surface area contributed by atoms with Gasteiger partial charge < -0.3 is 5.32 Å². The molecule has 7 heteroatoms. The van der Waals surface area contributed by atoms with Gasteiger partial charge in [0.05, 0.1) is 6.26 Å². The third-order valence-corrected chi connectivity index (χ3v) is 6.11. The number of carbonyl (C=O) groups excluding carboxylic acids is 1. The highest BCUT2D eigenvalue weighted by atomic mass is 32.2. The van der Waals surface area contributed by atoms with Crippen LogP contribution in [0.3, 0.4) is 0 Å². The fourth-order valence-corrected chi connectivity index (χ4v) is 4.78. The van der Waals surface area contributed by atoms with Gasteiger partial charge in [-0.1, -0.05) is 35.9 Å². The Morgan fingerprint density at radius 1 is 0.968 bits per heavy atom. The smallest absolute Gasteiger partial charge is 0.256 e. The molecule has 1 aliphatic carbocycles. The second-order valence-electron chi connectivity index (χ2n) is 7.99. The minimum atomic E-state index is -3.27. The van der Waals surface area contributed by atoms with Gasteiger partial charge in [-0.2, -0.15) is 0 Å². The molecule has 0 saturated heterocycles. The summed E-state index contributed by atoms with van der Waals surface area (Å²) in [4.78, 5) is 13.1. The van der Waals surface area contributed by atoms with E-state index in [9.17, 15) is 17.6 Å². The first-order valence-corrected chi connectivity index (χ1v) is 11.8. The van der Waals surface area contributed by atoms with Crippen molar-refractivity contribution in [3.05, 3.63) is 88.7 Å². The number of fused-ring (bicyclic) bond motifs is 1. The van der Waals surface area contributed by atoms with Crippen molar-refractivity contribution in [2.45, 2.75) is 25.8 Å². The van der Waals surface area contributed by atoms with Crippen LogP contribution in [0.25, 0.3) is 11.1 Å². The molecule has 160 valence electrons. The Bertz CT molecular complexity index is 1250. The molecule has 4 rings (SSSR count). The van der Waals surface area contributed by atoms with Crippen molar-refractivity contribution in [2.24, 2.45) is 0 Å². The molecule has 3 aromatic rings. The number of carbonyl (C=O) groups is 1. The highest BCUT2D eigenvalue weighted by molar-refractivity contribution is 7.88. The van der Waals surface area contributed by atoms with Gasteiger partial charge in [-0.3, -0.25) is 4.79 Å². The molecule has 1 amide bonds. The average molecular weight is 439 g/mol. The van der Waals surface area contributed by atoms with Gasteiger partial charge in [0.2, 0.25) is 10.0 Å². The summed E-state index contributed by atoms with van der Waals surface area (Å²) in [5, 5.41) is 2.95. The number of hydrogen-bond donors (Lipinski definition) is 2. The van der Waals surface area contributed by atoms with E-state index in [-0.39, 0.29) is 17.8 Å².